The maximum absolute atomic E-state index is 13.1. The first kappa shape index (κ1) is 20.5. The summed E-state index contributed by atoms with van der Waals surface area (Å²) in [5.74, 6) is -1.40. The van der Waals surface area contributed by atoms with Crippen molar-refractivity contribution in [2.45, 2.75) is 31.6 Å². The molecule has 1 aliphatic heterocycles. The number of amides is 3. The highest BCUT2D eigenvalue weighted by Crippen LogP contribution is 2.32. The molecule has 0 spiro atoms. The Kier molecular flexibility index (Phi) is 6.29. The van der Waals surface area contributed by atoms with Crippen molar-refractivity contribution < 1.29 is 32.7 Å². The van der Waals surface area contributed by atoms with Crippen LogP contribution in [-0.2, 0) is 22.3 Å². The van der Waals surface area contributed by atoms with Gasteiger partial charge in [-0.25, -0.2) is 4.79 Å². The number of rotatable bonds is 6. The summed E-state index contributed by atoms with van der Waals surface area (Å²) < 4.78 is 39.2. The Bertz CT molecular complexity index is 724. The lowest BCUT2D eigenvalue weighted by molar-refractivity contribution is -0.139. The second-order valence-corrected chi connectivity index (χ2v) is 6.34. The van der Waals surface area contributed by atoms with E-state index in [-0.39, 0.29) is 43.9 Å². The molecular weight excluding hydrogens is 367 g/mol. The third-order valence-electron chi connectivity index (χ3n) is 4.23. The number of carboxylic acids is 1. The Morgan fingerprint density at radius 3 is 2.63 bits per heavy atom. The average Bonchev–Trinajstić information content (AvgIpc) is 2.91. The molecule has 2 N–H and O–H groups in total. The highest BCUT2D eigenvalue weighted by atomic mass is 19.4. The van der Waals surface area contributed by atoms with Crippen LogP contribution in [0.4, 0.5) is 18.0 Å². The number of aliphatic carboxylic acids is 1. The van der Waals surface area contributed by atoms with Gasteiger partial charge in [-0.3, -0.25) is 9.59 Å². The number of carbonyl (C=O) groups is 3. The first-order chi connectivity index (χ1) is 12.6. The molecule has 1 saturated heterocycles. The van der Waals surface area contributed by atoms with Crippen molar-refractivity contribution in [3.8, 4) is 0 Å². The number of alkyl halides is 3. The molecule has 2 rings (SSSR count). The van der Waals surface area contributed by atoms with Crippen LogP contribution in [0.15, 0.2) is 24.3 Å². The number of halogens is 3. The van der Waals surface area contributed by atoms with Crippen molar-refractivity contribution >= 4 is 17.9 Å². The lowest BCUT2D eigenvalue weighted by atomic mass is 10.1. The summed E-state index contributed by atoms with van der Waals surface area (Å²) in [4.78, 5) is 37.1. The van der Waals surface area contributed by atoms with Crippen LogP contribution in [0, 0.1) is 0 Å². The Balaban J connectivity index is 1.96. The number of hydrogen-bond acceptors (Lipinski definition) is 3. The molecule has 1 aromatic carbocycles. The Morgan fingerprint density at radius 1 is 1.33 bits per heavy atom. The number of hydrogen-bond donors (Lipinski definition) is 2. The minimum atomic E-state index is -4.51. The number of urea groups is 1. The van der Waals surface area contributed by atoms with Gasteiger partial charge in [-0.2, -0.15) is 13.2 Å². The molecule has 1 atom stereocenters. The SMILES string of the molecule is CN(CCC(=O)O)C(=O)NC1CC(=O)N(Cc2ccccc2C(F)(F)F)C1. The van der Waals surface area contributed by atoms with Gasteiger partial charge in [-0.15, -0.1) is 0 Å². The van der Waals surface area contributed by atoms with Crippen molar-refractivity contribution in [2.24, 2.45) is 0 Å². The van der Waals surface area contributed by atoms with Crippen LogP contribution in [0.1, 0.15) is 24.0 Å². The fourth-order valence-electron chi connectivity index (χ4n) is 2.81. The smallest absolute Gasteiger partial charge is 0.416 e. The zero-order chi connectivity index (χ0) is 20.2. The Hall–Kier alpha value is -2.78. The topological polar surface area (TPSA) is 90.0 Å². The number of nitrogens with zero attached hydrogens (tertiary/aromatic N) is 2. The van der Waals surface area contributed by atoms with Crippen LogP contribution >= 0.6 is 0 Å². The van der Waals surface area contributed by atoms with Gasteiger partial charge in [0.1, 0.15) is 0 Å². The zero-order valence-electron chi connectivity index (χ0n) is 14.6. The Morgan fingerprint density at radius 2 is 2.00 bits per heavy atom. The van der Waals surface area contributed by atoms with E-state index in [1.807, 2.05) is 0 Å². The second kappa shape index (κ2) is 8.28. The van der Waals surface area contributed by atoms with Crippen molar-refractivity contribution in [3.05, 3.63) is 35.4 Å². The molecule has 3 amide bonds. The summed E-state index contributed by atoms with van der Waals surface area (Å²) in [7, 11) is 1.42. The van der Waals surface area contributed by atoms with E-state index in [0.29, 0.717) is 0 Å². The minimum Gasteiger partial charge on any atom is -0.481 e. The third kappa shape index (κ3) is 5.60. The number of benzene rings is 1. The lowest BCUT2D eigenvalue weighted by Crippen LogP contribution is -2.44. The quantitative estimate of drug-likeness (QED) is 0.781. The van der Waals surface area contributed by atoms with Crippen LogP contribution in [0.5, 0.6) is 0 Å². The van der Waals surface area contributed by atoms with Crippen molar-refractivity contribution in [2.75, 3.05) is 20.1 Å². The van der Waals surface area contributed by atoms with Gasteiger partial charge < -0.3 is 20.2 Å². The van der Waals surface area contributed by atoms with Crippen LogP contribution in [0.3, 0.4) is 0 Å². The van der Waals surface area contributed by atoms with Gasteiger partial charge in [0.15, 0.2) is 0 Å². The van der Waals surface area contributed by atoms with Crippen molar-refractivity contribution in [3.63, 3.8) is 0 Å². The van der Waals surface area contributed by atoms with E-state index in [9.17, 15) is 27.6 Å². The molecule has 1 unspecified atom stereocenters. The van der Waals surface area contributed by atoms with Crippen LogP contribution in [-0.4, -0.2) is 59.0 Å². The predicted octanol–water partition coefficient (Wildman–Crippen LogP) is 1.92. The molecule has 0 radical (unpaired) electrons. The molecular formula is C17H20F3N3O4. The minimum absolute atomic E-state index is 0.00447. The number of carbonyl (C=O) groups excluding carboxylic acids is 2. The predicted molar refractivity (Wildman–Crippen MR) is 88.7 cm³/mol. The highest BCUT2D eigenvalue weighted by Gasteiger charge is 2.36. The molecule has 0 bridgehead atoms. The standard InChI is InChI=1S/C17H20F3N3O4/c1-22(7-6-15(25)26)16(27)21-12-8-14(24)23(10-12)9-11-4-2-3-5-13(11)17(18,19)20/h2-5,12H,6-10H2,1H3,(H,21,27)(H,25,26). The zero-order valence-corrected chi connectivity index (χ0v) is 14.6. The van der Waals surface area contributed by atoms with Gasteiger partial charge in [-0.05, 0) is 11.6 Å². The first-order valence-corrected chi connectivity index (χ1v) is 8.24. The van der Waals surface area contributed by atoms with Gasteiger partial charge in [0.25, 0.3) is 0 Å². The molecule has 1 aliphatic rings. The fraction of sp³-hybridized carbons (Fsp3) is 0.471. The monoisotopic (exact) mass is 387 g/mol. The molecule has 0 aliphatic carbocycles. The van der Waals surface area contributed by atoms with E-state index < -0.39 is 29.8 Å². The summed E-state index contributed by atoms with van der Waals surface area (Å²) in [6, 6.07) is 3.96. The maximum atomic E-state index is 13.1. The third-order valence-corrected chi connectivity index (χ3v) is 4.23. The van der Waals surface area contributed by atoms with E-state index in [1.54, 1.807) is 0 Å². The van der Waals surface area contributed by atoms with Crippen molar-refractivity contribution in [1.29, 1.82) is 0 Å². The first-order valence-electron chi connectivity index (χ1n) is 8.24. The van der Waals surface area contributed by atoms with Gasteiger partial charge in [-0.1, -0.05) is 18.2 Å². The summed E-state index contributed by atoms with van der Waals surface area (Å²) >= 11 is 0. The van der Waals surface area contributed by atoms with Gasteiger partial charge in [0, 0.05) is 33.1 Å². The summed E-state index contributed by atoms with van der Waals surface area (Å²) in [6.07, 6.45) is -4.75. The van der Waals surface area contributed by atoms with Crippen LogP contribution < -0.4 is 5.32 Å². The number of carboxylic acid groups (broad SMARTS) is 1. The Labute approximate surface area is 153 Å². The number of likely N-dealkylation sites (tertiary alicyclic amines) is 1. The molecule has 27 heavy (non-hydrogen) atoms. The van der Waals surface area contributed by atoms with Crippen molar-refractivity contribution in [1.82, 2.24) is 15.1 Å². The summed E-state index contributed by atoms with van der Waals surface area (Å²) in [5.41, 5.74) is -0.803. The van der Waals surface area contributed by atoms with Gasteiger partial charge in [0.2, 0.25) is 5.91 Å². The summed E-state index contributed by atoms with van der Waals surface area (Å²) in [6.45, 7) is -0.107. The molecule has 0 saturated carbocycles. The molecule has 1 heterocycles. The molecule has 1 fully saturated rings. The van der Waals surface area contributed by atoms with E-state index in [1.165, 1.54) is 35.0 Å². The second-order valence-electron chi connectivity index (χ2n) is 6.34. The normalized spacial score (nSPS) is 17.1. The van der Waals surface area contributed by atoms with E-state index in [2.05, 4.69) is 5.32 Å². The van der Waals surface area contributed by atoms with E-state index in [4.69, 9.17) is 5.11 Å². The van der Waals surface area contributed by atoms with Gasteiger partial charge in [0.05, 0.1) is 18.0 Å². The lowest BCUT2D eigenvalue weighted by Gasteiger charge is -2.22. The van der Waals surface area contributed by atoms with E-state index in [0.717, 1.165) is 6.07 Å². The fourth-order valence-corrected chi connectivity index (χ4v) is 2.81. The van der Waals surface area contributed by atoms with E-state index >= 15 is 0 Å². The molecule has 0 aromatic heterocycles. The molecule has 148 valence electrons. The molecule has 10 heteroatoms. The highest BCUT2D eigenvalue weighted by molar-refractivity contribution is 5.81. The average molecular weight is 387 g/mol. The molecule has 1 aromatic rings. The molecule has 7 nitrogen and oxygen atoms in total. The summed E-state index contributed by atoms with van der Waals surface area (Å²) in [5, 5.41) is 11.2. The van der Waals surface area contributed by atoms with Crippen LogP contribution in [0.2, 0.25) is 0 Å². The van der Waals surface area contributed by atoms with Crippen LogP contribution in [0.25, 0.3) is 0 Å². The maximum Gasteiger partial charge on any atom is 0.416 e. The largest absolute Gasteiger partial charge is 0.481 e. The number of nitrogens with one attached hydrogen (secondary N) is 1. The van der Waals surface area contributed by atoms with Gasteiger partial charge >= 0.3 is 18.2 Å².